The zero-order chi connectivity index (χ0) is 12.3. The lowest BCUT2D eigenvalue weighted by Crippen LogP contribution is -2.22. The molecule has 1 N–H and O–H groups in total. The molecule has 0 aliphatic rings. The van der Waals surface area contributed by atoms with Gasteiger partial charge in [0.25, 0.3) is 0 Å². The normalized spacial score (nSPS) is 9.94. The van der Waals surface area contributed by atoms with E-state index in [1.165, 1.54) is 6.07 Å². The molecule has 0 saturated carbocycles. The number of aromatic carboxylic acids is 1. The molecule has 1 heterocycles. The van der Waals surface area contributed by atoms with Gasteiger partial charge in [0.1, 0.15) is 0 Å². The number of carbonyl (C=O) groups is 1. The van der Waals surface area contributed by atoms with Crippen molar-refractivity contribution in [3.63, 3.8) is 0 Å². The average Bonchev–Trinajstić information content (AvgIpc) is 2.15. The molecule has 0 fully saturated rings. The highest BCUT2D eigenvalue weighted by Gasteiger charge is 2.11. The summed E-state index contributed by atoms with van der Waals surface area (Å²) in [6, 6.07) is 1.44. The van der Waals surface area contributed by atoms with E-state index in [2.05, 4.69) is 16.5 Å². The maximum absolute atomic E-state index is 10.8. The standard InChI is InChI=1S/C11H15N3O2/c1-7(2)6-14(4)11-12-8(3)5-9(13-11)10(15)16/h5H,1,6H2,2-4H3,(H,15,16). The number of nitrogens with zero attached hydrogens (tertiary/aromatic N) is 3. The Hall–Kier alpha value is -1.91. The minimum absolute atomic E-state index is 0.0102. The van der Waals surface area contributed by atoms with Crippen molar-refractivity contribution in [1.29, 1.82) is 0 Å². The van der Waals surface area contributed by atoms with E-state index in [0.29, 0.717) is 18.2 Å². The van der Waals surface area contributed by atoms with Crippen LogP contribution in [-0.2, 0) is 0 Å². The summed E-state index contributed by atoms with van der Waals surface area (Å²) < 4.78 is 0. The van der Waals surface area contributed by atoms with Crippen molar-refractivity contribution in [2.24, 2.45) is 0 Å². The molecule has 0 amide bonds. The van der Waals surface area contributed by atoms with Crippen LogP contribution in [0.15, 0.2) is 18.2 Å². The van der Waals surface area contributed by atoms with Crippen LogP contribution in [0.5, 0.6) is 0 Å². The maximum Gasteiger partial charge on any atom is 0.354 e. The molecular weight excluding hydrogens is 206 g/mol. The molecule has 0 saturated heterocycles. The Kier molecular flexibility index (Phi) is 3.60. The number of likely N-dealkylation sites (N-methyl/N-ethyl adjacent to an activating group) is 1. The fourth-order valence-electron chi connectivity index (χ4n) is 1.31. The molecule has 0 bridgehead atoms. The molecule has 0 atom stereocenters. The van der Waals surface area contributed by atoms with Crippen molar-refractivity contribution in [3.8, 4) is 0 Å². The van der Waals surface area contributed by atoms with E-state index in [1.54, 1.807) is 18.9 Å². The van der Waals surface area contributed by atoms with Gasteiger partial charge in [-0.25, -0.2) is 14.8 Å². The molecule has 1 rings (SSSR count). The first kappa shape index (κ1) is 12.2. The third-order valence-electron chi connectivity index (χ3n) is 1.91. The lowest BCUT2D eigenvalue weighted by molar-refractivity contribution is 0.0690. The predicted octanol–water partition coefficient (Wildman–Crippen LogP) is 1.50. The van der Waals surface area contributed by atoms with Crippen molar-refractivity contribution >= 4 is 11.9 Å². The molecule has 16 heavy (non-hydrogen) atoms. The Bertz CT molecular complexity index is 429. The number of aryl methyl sites for hydroxylation is 1. The Labute approximate surface area is 94.5 Å². The van der Waals surface area contributed by atoms with E-state index in [4.69, 9.17) is 5.11 Å². The van der Waals surface area contributed by atoms with Crippen LogP contribution in [0.1, 0.15) is 23.1 Å². The van der Waals surface area contributed by atoms with Crippen molar-refractivity contribution in [3.05, 3.63) is 29.6 Å². The van der Waals surface area contributed by atoms with Crippen LogP contribution in [0, 0.1) is 6.92 Å². The lowest BCUT2D eigenvalue weighted by atomic mass is 10.3. The molecule has 86 valence electrons. The largest absolute Gasteiger partial charge is 0.477 e. The molecule has 1 aromatic heterocycles. The van der Waals surface area contributed by atoms with E-state index < -0.39 is 5.97 Å². The third-order valence-corrected chi connectivity index (χ3v) is 1.91. The summed E-state index contributed by atoms with van der Waals surface area (Å²) in [7, 11) is 1.80. The summed E-state index contributed by atoms with van der Waals surface area (Å²) in [4.78, 5) is 20.7. The highest BCUT2D eigenvalue weighted by Crippen LogP contribution is 2.10. The molecule has 0 radical (unpaired) electrons. The van der Waals surface area contributed by atoms with Crippen LogP contribution >= 0.6 is 0 Å². The molecule has 1 aromatic rings. The maximum atomic E-state index is 10.8. The second-order valence-corrected chi connectivity index (χ2v) is 3.81. The first-order valence-electron chi connectivity index (χ1n) is 4.84. The minimum Gasteiger partial charge on any atom is -0.477 e. The highest BCUT2D eigenvalue weighted by molar-refractivity contribution is 5.85. The van der Waals surface area contributed by atoms with Gasteiger partial charge < -0.3 is 10.0 Å². The molecule has 0 aliphatic carbocycles. The zero-order valence-electron chi connectivity index (χ0n) is 9.69. The van der Waals surface area contributed by atoms with Gasteiger partial charge >= 0.3 is 5.97 Å². The van der Waals surface area contributed by atoms with E-state index in [9.17, 15) is 4.79 Å². The summed E-state index contributed by atoms with van der Waals surface area (Å²) in [6.45, 7) is 8.02. The van der Waals surface area contributed by atoms with E-state index in [0.717, 1.165) is 5.57 Å². The van der Waals surface area contributed by atoms with Crippen LogP contribution in [0.25, 0.3) is 0 Å². The highest BCUT2D eigenvalue weighted by atomic mass is 16.4. The first-order valence-corrected chi connectivity index (χ1v) is 4.84. The second kappa shape index (κ2) is 4.74. The van der Waals surface area contributed by atoms with E-state index in [1.807, 2.05) is 6.92 Å². The molecular formula is C11H15N3O2. The Morgan fingerprint density at radius 3 is 2.69 bits per heavy atom. The molecule has 0 unspecified atom stereocenters. The van der Waals surface area contributed by atoms with Gasteiger partial charge in [-0.1, -0.05) is 12.2 Å². The number of carboxylic acid groups (broad SMARTS) is 1. The van der Waals surface area contributed by atoms with Crippen LogP contribution in [-0.4, -0.2) is 34.6 Å². The number of rotatable bonds is 4. The number of aromatic nitrogens is 2. The topological polar surface area (TPSA) is 66.3 Å². The average molecular weight is 221 g/mol. The van der Waals surface area contributed by atoms with E-state index in [-0.39, 0.29) is 5.69 Å². The summed E-state index contributed by atoms with van der Waals surface area (Å²) in [5.41, 5.74) is 1.61. The molecule has 5 heteroatoms. The summed E-state index contributed by atoms with van der Waals surface area (Å²) >= 11 is 0. The smallest absolute Gasteiger partial charge is 0.354 e. The van der Waals surface area contributed by atoms with Crippen LogP contribution in [0.2, 0.25) is 0 Å². The van der Waals surface area contributed by atoms with Gasteiger partial charge in [0.05, 0.1) is 0 Å². The SMILES string of the molecule is C=C(C)CN(C)c1nc(C)cc(C(=O)O)n1. The number of carboxylic acids is 1. The quantitative estimate of drug-likeness (QED) is 0.780. The third kappa shape index (κ3) is 3.05. The van der Waals surface area contributed by atoms with Gasteiger partial charge in [-0.05, 0) is 19.9 Å². The Morgan fingerprint density at radius 2 is 2.19 bits per heavy atom. The fourth-order valence-corrected chi connectivity index (χ4v) is 1.31. The van der Waals surface area contributed by atoms with Gasteiger partial charge in [-0.3, -0.25) is 0 Å². The predicted molar refractivity (Wildman–Crippen MR) is 61.8 cm³/mol. The molecule has 0 aliphatic heterocycles. The Balaban J connectivity index is 3.04. The van der Waals surface area contributed by atoms with Crippen LogP contribution in [0.3, 0.4) is 0 Å². The number of hydrogen-bond acceptors (Lipinski definition) is 4. The minimum atomic E-state index is -1.05. The van der Waals surface area contributed by atoms with Crippen molar-refractivity contribution in [1.82, 2.24) is 9.97 Å². The summed E-state index contributed by atoms with van der Waals surface area (Å²) in [6.07, 6.45) is 0. The number of anilines is 1. The lowest BCUT2D eigenvalue weighted by Gasteiger charge is -2.17. The van der Waals surface area contributed by atoms with Crippen molar-refractivity contribution < 1.29 is 9.90 Å². The van der Waals surface area contributed by atoms with E-state index >= 15 is 0 Å². The van der Waals surface area contributed by atoms with Gasteiger partial charge in [-0.2, -0.15) is 0 Å². The van der Waals surface area contributed by atoms with Crippen molar-refractivity contribution in [2.45, 2.75) is 13.8 Å². The van der Waals surface area contributed by atoms with Gasteiger partial charge in [0.15, 0.2) is 5.69 Å². The monoisotopic (exact) mass is 221 g/mol. The van der Waals surface area contributed by atoms with Crippen molar-refractivity contribution in [2.75, 3.05) is 18.5 Å². The van der Waals surface area contributed by atoms with Crippen LogP contribution in [0.4, 0.5) is 5.95 Å². The first-order chi connectivity index (χ1) is 7.40. The Morgan fingerprint density at radius 1 is 1.56 bits per heavy atom. The van der Waals surface area contributed by atoms with Crippen LogP contribution < -0.4 is 4.90 Å². The fraction of sp³-hybridized carbons (Fsp3) is 0.364. The molecule has 0 aromatic carbocycles. The second-order valence-electron chi connectivity index (χ2n) is 3.81. The number of hydrogen-bond donors (Lipinski definition) is 1. The van der Waals surface area contributed by atoms with Gasteiger partial charge in [0, 0.05) is 19.3 Å². The summed E-state index contributed by atoms with van der Waals surface area (Å²) in [5, 5.41) is 8.87. The van der Waals surface area contributed by atoms with Gasteiger partial charge in [-0.15, -0.1) is 0 Å². The van der Waals surface area contributed by atoms with Gasteiger partial charge in [0.2, 0.25) is 5.95 Å². The zero-order valence-corrected chi connectivity index (χ0v) is 9.69. The summed E-state index contributed by atoms with van der Waals surface area (Å²) in [5.74, 6) is -0.643. The molecule has 5 nitrogen and oxygen atoms in total. The molecule has 0 spiro atoms.